The zero-order chi connectivity index (χ0) is 6.62. The summed E-state index contributed by atoms with van der Waals surface area (Å²) in [6.45, 7) is 1.69. The lowest BCUT2D eigenvalue weighted by atomic mass is 10.7. The minimum Gasteiger partial charge on any atom is -0.302 e. The molecule has 0 aliphatic carbocycles. The van der Waals surface area contributed by atoms with Crippen molar-refractivity contribution >= 4 is 6.72 Å². The molecule has 0 bridgehead atoms. The Kier molecular flexibility index (Phi) is 2.30. The topological polar surface area (TPSA) is 24.4 Å². The highest BCUT2D eigenvalue weighted by Crippen LogP contribution is 2.11. The summed E-state index contributed by atoms with van der Waals surface area (Å²) >= 11 is 0. The highest BCUT2D eigenvalue weighted by atomic mass is 19.4. The van der Waals surface area contributed by atoms with Crippen LogP contribution in [-0.4, -0.2) is 19.4 Å². The molecule has 0 aliphatic heterocycles. The molecule has 0 aromatic heterocycles. The molecular formula is C3H5F3N2. The fourth-order valence-corrected chi connectivity index (χ4v) is 0.146. The maximum atomic E-state index is 11.1. The van der Waals surface area contributed by atoms with Gasteiger partial charge in [0.1, 0.15) is 6.54 Å². The van der Waals surface area contributed by atoms with Gasteiger partial charge in [0.15, 0.2) is 0 Å². The monoisotopic (exact) mass is 126 g/mol. The number of rotatable bonds is 2. The van der Waals surface area contributed by atoms with Gasteiger partial charge in [-0.2, -0.15) is 18.3 Å². The predicted molar refractivity (Wildman–Crippen MR) is 23.6 cm³/mol. The summed E-state index contributed by atoms with van der Waals surface area (Å²) in [6.07, 6.45) is -4.19. The number of nitrogens with zero attached hydrogens (tertiary/aromatic N) is 1. The molecule has 0 heterocycles. The first-order valence-corrected chi connectivity index (χ1v) is 1.81. The van der Waals surface area contributed by atoms with Crippen molar-refractivity contribution in [3.63, 3.8) is 0 Å². The van der Waals surface area contributed by atoms with Crippen LogP contribution in [-0.2, 0) is 0 Å². The molecular weight excluding hydrogens is 121 g/mol. The van der Waals surface area contributed by atoms with Crippen LogP contribution in [0.15, 0.2) is 5.10 Å². The molecule has 0 aromatic rings. The number of halogens is 3. The van der Waals surface area contributed by atoms with Crippen molar-refractivity contribution in [2.45, 2.75) is 6.18 Å². The third-order valence-electron chi connectivity index (χ3n) is 0.391. The first-order valence-electron chi connectivity index (χ1n) is 1.81. The van der Waals surface area contributed by atoms with Crippen LogP contribution in [0, 0.1) is 0 Å². The molecule has 5 heteroatoms. The van der Waals surface area contributed by atoms with Gasteiger partial charge < -0.3 is 5.43 Å². The Bertz CT molecular complexity index is 77.1. The van der Waals surface area contributed by atoms with E-state index >= 15 is 0 Å². The summed E-state index contributed by atoms with van der Waals surface area (Å²) < 4.78 is 33.3. The molecule has 0 saturated carbocycles. The summed E-state index contributed by atoms with van der Waals surface area (Å²) in [4.78, 5) is 0. The van der Waals surface area contributed by atoms with Crippen molar-refractivity contribution in [3.8, 4) is 0 Å². The van der Waals surface area contributed by atoms with E-state index < -0.39 is 12.7 Å². The molecule has 0 saturated heterocycles. The maximum absolute atomic E-state index is 11.1. The van der Waals surface area contributed by atoms with Crippen molar-refractivity contribution in [3.05, 3.63) is 0 Å². The molecule has 2 nitrogen and oxygen atoms in total. The number of nitrogens with one attached hydrogen (secondary N) is 1. The Morgan fingerprint density at radius 3 is 2.12 bits per heavy atom. The van der Waals surface area contributed by atoms with Crippen molar-refractivity contribution in [1.29, 1.82) is 0 Å². The molecule has 0 aromatic carbocycles. The molecule has 0 spiro atoms. The SMILES string of the molecule is C=NNCC(F)(F)F. The smallest absolute Gasteiger partial charge is 0.302 e. The van der Waals surface area contributed by atoms with Gasteiger partial charge in [0.25, 0.3) is 0 Å². The summed E-state index contributed by atoms with van der Waals surface area (Å²) in [7, 11) is 0. The van der Waals surface area contributed by atoms with Gasteiger partial charge in [-0.3, -0.25) is 0 Å². The molecule has 0 unspecified atom stereocenters. The third kappa shape index (κ3) is 5.26. The fourth-order valence-electron chi connectivity index (χ4n) is 0.146. The highest BCUT2D eigenvalue weighted by molar-refractivity contribution is 5.22. The molecule has 48 valence electrons. The number of hydrogen-bond donors (Lipinski definition) is 1. The zero-order valence-corrected chi connectivity index (χ0v) is 4.00. The Morgan fingerprint density at radius 2 is 2.00 bits per heavy atom. The molecule has 0 aliphatic rings. The van der Waals surface area contributed by atoms with E-state index in [1.807, 2.05) is 0 Å². The third-order valence-corrected chi connectivity index (χ3v) is 0.391. The van der Waals surface area contributed by atoms with Crippen LogP contribution >= 0.6 is 0 Å². The Labute approximate surface area is 44.4 Å². The average Bonchev–Trinajstić information content (AvgIpc) is 1.59. The Morgan fingerprint density at radius 1 is 1.50 bits per heavy atom. The van der Waals surface area contributed by atoms with Gasteiger partial charge in [-0.25, -0.2) is 0 Å². The number of hydrazone groups is 1. The quantitative estimate of drug-likeness (QED) is 0.428. The summed E-state index contributed by atoms with van der Waals surface area (Å²) in [6, 6.07) is 0. The molecule has 0 atom stereocenters. The lowest BCUT2D eigenvalue weighted by molar-refractivity contribution is -0.124. The summed E-state index contributed by atoms with van der Waals surface area (Å²) in [5, 5.41) is 2.80. The number of hydrogen-bond acceptors (Lipinski definition) is 2. The maximum Gasteiger partial charge on any atom is 0.407 e. The van der Waals surface area contributed by atoms with Crippen LogP contribution in [0.1, 0.15) is 0 Å². The van der Waals surface area contributed by atoms with Crippen LogP contribution in [0.4, 0.5) is 13.2 Å². The second-order valence-corrected chi connectivity index (χ2v) is 1.11. The van der Waals surface area contributed by atoms with Crippen molar-refractivity contribution in [1.82, 2.24) is 5.43 Å². The first-order chi connectivity index (χ1) is 3.56. The van der Waals surface area contributed by atoms with Gasteiger partial charge in [0, 0.05) is 6.72 Å². The average molecular weight is 126 g/mol. The van der Waals surface area contributed by atoms with Crippen molar-refractivity contribution in [2.24, 2.45) is 5.10 Å². The van der Waals surface area contributed by atoms with Crippen molar-refractivity contribution in [2.75, 3.05) is 6.54 Å². The van der Waals surface area contributed by atoms with E-state index in [0.717, 1.165) is 0 Å². The standard InChI is InChI=1S/C3H5F3N2/c1-7-8-2-3(4,5)6/h8H,1-2H2. The Balaban J connectivity index is 3.24. The minimum atomic E-state index is -4.19. The first kappa shape index (κ1) is 7.26. The second kappa shape index (κ2) is 2.54. The zero-order valence-electron chi connectivity index (χ0n) is 4.00. The van der Waals surface area contributed by atoms with Gasteiger partial charge in [-0.15, -0.1) is 0 Å². The van der Waals surface area contributed by atoms with Gasteiger partial charge in [-0.1, -0.05) is 0 Å². The summed E-state index contributed by atoms with van der Waals surface area (Å²) in [5.41, 5.74) is 1.68. The molecule has 8 heavy (non-hydrogen) atoms. The van der Waals surface area contributed by atoms with Crippen LogP contribution in [0.5, 0.6) is 0 Å². The molecule has 0 amide bonds. The van der Waals surface area contributed by atoms with Gasteiger partial charge in [0.05, 0.1) is 0 Å². The van der Waals surface area contributed by atoms with Crippen LogP contribution in [0.2, 0.25) is 0 Å². The molecule has 0 rings (SSSR count). The van der Waals surface area contributed by atoms with Gasteiger partial charge in [0.2, 0.25) is 0 Å². The van der Waals surface area contributed by atoms with Crippen LogP contribution in [0.25, 0.3) is 0 Å². The second-order valence-electron chi connectivity index (χ2n) is 1.11. The van der Waals surface area contributed by atoms with E-state index in [1.54, 1.807) is 5.43 Å². The molecule has 0 radical (unpaired) electrons. The van der Waals surface area contributed by atoms with Gasteiger partial charge >= 0.3 is 6.18 Å². The van der Waals surface area contributed by atoms with Crippen LogP contribution in [0.3, 0.4) is 0 Å². The van der Waals surface area contributed by atoms with Crippen molar-refractivity contribution < 1.29 is 13.2 Å². The lowest BCUT2D eigenvalue weighted by Gasteiger charge is -2.02. The number of alkyl halides is 3. The fraction of sp³-hybridized carbons (Fsp3) is 0.667. The van der Waals surface area contributed by atoms with Crippen LogP contribution < -0.4 is 5.43 Å². The van der Waals surface area contributed by atoms with E-state index in [0.29, 0.717) is 0 Å². The van der Waals surface area contributed by atoms with E-state index in [2.05, 4.69) is 11.8 Å². The summed E-state index contributed by atoms with van der Waals surface area (Å²) in [5.74, 6) is 0. The lowest BCUT2D eigenvalue weighted by Crippen LogP contribution is -2.24. The van der Waals surface area contributed by atoms with E-state index in [-0.39, 0.29) is 0 Å². The highest BCUT2D eigenvalue weighted by Gasteiger charge is 2.25. The van der Waals surface area contributed by atoms with E-state index in [4.69, 9.17) is 0 Å². The predicted octanol–water partition coefficient (Wildman–Crippen LogP) is 0.754. The molecule has 1 N–H and O–H groups in total. The minimum absolute atomic E-state index is 1.11. The van der Waals surface area contributed by atoms with E-state index in [9.17, 15) is 13.2 Å². The largest absolute Gasteiger partial charge is 0.407 e. The Hall–Kier alpha value is -0.740. The van der Waals surface area contributed by atoms with Gasteiger partial charge in [-0.05, 0) is 0 Å². The molecule has 0 fully saturated rings. The van der Waals surface area contributed by atoms with E-state index in [1.165, 1.54) is 0 Å². The normalized spacial score (nSPS) is 10.9.